The Morgan fingerprint density at radius 1 is 0.917 bits per heavy atom. The number of hydrogen-bond donors (Lipinski definition) is 1. The van der Waals surface area contributed by atoms with Gasteiger partial charge in [-0.2, -0.15) is 0 Å². The standard InChI is InChI=1S/C20H21NO3/c1-13(20(23)24-2)21-19(22)18-16(14-9-5-3-6-10-14)17(18)15-11-7-4-8-12-15/h3-13,16-18H,1-2H3,(H,21,22)/t13-,16+,17+/m0/s1. The van der Waals surface area contributed by atoms with Crippen LogP contribution in [-0.4, -0.2) is 25.0 Å². The molecule has 0 spiro atoms. The number of nitrogens with one attached hydrogen (secondary N) is 1. The van der Waals surface area contributed by atoms with Gasteiger partial charge in [0.25, 0.3) is 0 Å². The molecule has 0 aliphatic heterocycles. The fourth-order valence-corrected chi connectivity index (χ4v) is 3.36. The van der Waals surface area contributed by atoms with Crippen LogP contribution in [0.5, 0.6) is 0 Å². The zero-order valence-corrected chi connectivity index (χ0v) is 13.8. The van der Waals surface area contributed by atoms with E-state index >= 15 is 0 Å². The van der Waals surface area contributed by atoms with Crippen molar-refractivity contribution in [2.45, 2.75) is 24.8 Å². The molecule has 0 bridgehead atoms. The van der Waals surface area contributed by atoms with Crippen LogP contribution in [0.3, 0.4) is 0 Å². The molecule has 4 nitrogen and oxygen atoms in total. The van der Waals surface area contributed by atoms with Gasteiger partial charge in [-0.1, -0.05) is 60.7 Å². The van der Waals surface area contributed by atoms with E-state index in [1.807, 2.05) is 36.4 Å². The highest BCUT2D eigenvalue weighted by Crippen LogP contribution is 2.60. The van der Waals surface area contributed by atoms with Gasteiger partial charge in [-0.25, -0.2) is 4.79 Å². The van der Waals surface area contributed by atoms with Crippen LogP contribution in [0.4, 0.5) is 0 Å². The lowest BCUT2D eigenvalue weighted by Crippen LogP contribution is -2.40. The van der Waals surface area contributed by atoms with Gasteiger partial charge in [0.1, 0.15) is 6.04 Å². The fraction of sp³-hybridized carbons (Fsp3) is 0.300. The minimum atomic E-state index is -0.643. The molecule has 2 aromatic carbocycles. The summed E-state index contributed by atoms with van der Waals surface area (Å²) in [4.78, 5) is 24.2. The normalized spacial score (nSPS) is 23.2. The Hall–Kier alpha value is -2.62. The van der Waals surface area contributed by atoms with Crippen molar-refractivity contribution in [2.75, 3.05) is 7.11 Å². The van der Waals surface area contributed by atoms with Gasteiger partial charge in [0.2, 0.25) is 5.91 Å². The van der Waals surface area contributed by atoms with Crippen LogP contribution in [0.2, 0.25) is 0 Å². The Morgan fingerprint density at radius 3 is 1.79 bits per heavy atom. The van der Waals surface area contributed by atoms with Crippen molar-refractivity contribution >= 4 is 11.9 Å². The number of hydrogen-bond acceptors (Lipinski definition) is 3. The van der Waals surface area contributed by atoms with Crippen molar-refractivity contribution in [1.29, 1.82) is 0 Å². The number of carbonyl (C=O) groups is 2. The predicted molar refractivity (Wildman–Crippen MR) is 91.5 cm³/mol. The number of carbonyl (C=O) groups excluding carboxylic acids is 2. The number of methoxy groups -OCH3 is 1. The van der Waals surface area contributed by atoms with Crippen LogP contribution in [-0.2, 0) is 14.3 Å². The summed E-state index contributed by atoms with van der Waals surface area (Å²) in [6, 6.07) is 19.5. The molecule has 124 valence electrons. The van der Waals surface area contributed by atoms with E-state index in [4.69, 9.17) is 0 Å². The Balaban J connectivity index is 1.82. The molecule has 3 atom stereocenters. The van der Waals surface area contributed by atoms with Crippen molar-refractivity contribution in [3.63, 3.8) is 0 Å². The van der Waals surface area contributed by atoms with E-state index in [9.17, 15) is 9.59 Å². The third-order valence-corrected chi connectivity index (χ3v) is 4.60. The summed E-state index contributed by atoms with van der Waals surface area (Å²) in [5.41, 5.74) is 2.30. The Labute approximate surface area is 141 Å². The summed E-state index contributed by atoms with van der Waals surface area (Å²) in [5, 5.41) is 2.78. The molecule has 0 aromatic heterocycles. The minimum absolute atomic E-state index is 0.101. The quantitative estimate of drug-likeness (QED) is 0.861. The molecule has 0 radical (unpaired) electrons. The van der Waals surface area contributed by atoms with Gasteiger partial charge in [-0.15, -0.1) is 0 Å². The van der Waals surface area contributed by atoms with Crippen molar-refractivity contribution in [3.05, 3.63) is 71.8 Å². The largest absolute Gasteiger partial charge is 0.467 e. The number of ether oxygens (including phenoxy) is 1. The Bertz CT molecular complexity index is 669. The zero-order valence-electron chi connectivity index (χ0n) is 13.8. The Morgan fingerprint density at radius 2 is 1.38 bits per heavy atom. The van der Waals surface area contributed by atoms with Gasteiger partial charge in [0.05, 0.1) is 13.0 Å². The molecule has 1 fully saturated rings. The second-order valence-electron chi connectivity index (χ2n) is 6.15. The number of amides is 1. The molecule has 4 heteroatoms. The molecule has 0 saturated heterocycles. The summed E-state index contributed by atoms with van der Waals surface area (Å²) in [6.07, 6.45) is 0. The van der Waals surface area contributed by atoms with Crippen molar-refractivity contribution in [2.24, 2.45) is 5.92 Å². The van der Waals surface area contributed by atoms with Gasteiger partial charge in [-0.05, 0) is 18.1 Å². The lowest BCUT2D eigenvalue weighted by Gasteiger charge is -2.11. The molecule has 0 unspecified atom stereocenters. The second kappa shape index (κ2) is 6.87. The third-order valence-electron chi connectivity index (χ3n) is 4.60. The molecule has 24 heavy (non-hydrogen) atoms. The molecule has 1 aliphatic rings. The number of benzene rings is 2. The Kier molecular flexibility index (Phi) is 4.65. The maximum absolute atomic E-state index is 12.7. The third kappa shape index (κ3) is 3.18. The van der Waals surface area contributed by atoms with E-state index in [0.29, 0.717) is 0 Å². The van der Waals surface area contributed by atoms with Gasteiger partial charge >= 0.3 is 5.97 Å². The van der Waals surface area contributed by atoms with Crippen molar-refractivity contribution in [3.8, 4) is 0 Å². The van der Waals surface area contributed by atoms with Crippen LogP contribution in [0.25, 0.3) is 0 Å². The summed E-state index contributed by atoms with van der Waals surface area (Å²) >= 11 is 0. The molecular formula is C20H21NO3. The highest BCUT2D eigenvalue weighted by atomic mass is 16.5. The molecule has 0 heterocycles. The predicted octanol–water partition coefficient (Wildman–Crippen LogP) is 2.86. The topological polar surface area (TPSA) is 55.4 Å². The van der Waals surface area contributed by atoms with E-state index in [0.717, 1.165) is 11.1 Å². The summed E-state index contributed by atoms with van der Waals surface area (Å²) in [6.45, 7) is 1.64. The lowest BCUT2D eigenvalue weighted by atomic mass is 10.0. The maximum Gasteiger partial charge on any atom is 0.328 e. The summed E-state index contributed by atoms with van der Waals surface area (Å²) in [5.74, 6) is -0.425. The molecule has 2 aromatic rings. The number of esters is 1. The summed E-state index contributed by atoms with van der Waals surface area (Å²) < 4.78 is 4.68. The first-order valence-corrected chi connectivity index (χ1v) is 8.11. The second-order valence-corrected chi connectivity index (χ2v) is 6.15. The van der Waals surface area contributed by atoms with Crippen LogP contribution >= 0.6 is 0 Å². The van der Waals surface area contributed by atoms with Crippen LogP contribution in [0.15, 0.2) is 60.7 Å². The fourth-order valence-electron chi connectivity index (χ4n) is 3.36. The first kappa shape index (κ1) is 16.2. The molecule has 1 aliphatic carbocycles. The highest BCUT2D eigenvalue weighted by Gasteiger charge is 2.56. The van der Waals surface area contributed by atoms with E-state index < -0.39 is 12.0 Å². The average Bonchev–Trinajstić information content (AvgIpc) is 3.38. The SMILES string of the molecule is COC(=O)[C@H](C)NC(=O)C1[C@H](c2ccccc2)[C@H]1c1ccccc1. The van der Waals surface area contributed by atoms with Crippen LogP contribution < -0.4 is 5.32 Å². The smallest absolute Gasteiger partial charge is 0.328 e. The zero-order chi connectivity index (χ0) is 17.1. The highest BCUT2D eigenvalue weighted by molar-refractivity contribution is 5.89. The first-order chi connectivity index (χ1) is 11.6. The average molecular weight is 323 g/mol. The van der Waals surface area contributed by atoms with Gasteiger partial charge in [0.15, 0.2) is 0 Å². The first-order valence-electron chi connectivity index (χ1n) is 8.11. The monoisotopic (exact) mass is 323 g/mol. The van der Waals surface area contributed by atoms with Gasteiger partial charge in [0, 0.05) is 11.8 Å². The van der Waals surface area contributed by atoms with Crippen LogP contribution in [0, 0.1) is 5.92 Å². The minimum Gasteiger partial charge on any atom is -0.467 e. The molecule has 1 N–H and O–H groups in total. The van der Waals surface area contributed by atoms with Gasteiger partial charge in [-0.3, -0.25) is 4.79 Å². The van der Waals surface area contributed by atoms with Gasteiger partial charge < -0.3 is 10.1 Å². The van der Waals surface area contributed by atoms with E-state index in [-0.39, 0.29) is 23.7 Å². The molecule has 3 rings (SSSR count). The molecule has 1 saturated carbocycles. The lowest BCUT2D eigenvalue weighted by molar-refractivity contribution is -0.144. The molecular weight excluding hydrogens is 302 g/mol. The number of rotatable bonds is 5. The van der Waals surface area contributed by atoms with E-state index in [1.54, 1.807) is 6.92 Å². The van der Waals surface area contributed by atoms with Crippen molar-refractivity contribution in [1.82, 2.24) is 5.32 Å². The summed E-state index contributed by atoms with van der Waals surface area (Å²) in [7, 11) is 1.32. The van der Waals surface area contributed by atoms with Crippen LogP contribution in [0.1, 0.15) is 29.9 Å². The maximum atomic E-state index is 12.7. The molecule has 1 amide bonds. The van der Waals surface area contributed by atoms with Crippen molar-refractivity contribution < 1.29 is 14.3 Å². The van der Waals surface area contributed by atoms with E-state index in [1.165, 1.54) is 7.11 Å². The van der Waals surface area contributed by atoms with E-state index in [2.05, 4.69) is 34.3 Å².